The van der Waals surface area contributed by atoms with Crippen molar-refractivity contribution in [3.05, 3.63) is 12.3 Å². The molecule has 1 amide bonds. The molecule has 0 radical (unpaired) electrons. The van der Waals surface area contributed by atoms with E-state index in [0.717, 1.165) is 18.9 Å². The van der Waals surface area contributed by atoms with Crippen molar-refractivity contribution in [3.8, 4) is 5.75 Å². The smallest absolute Gasteiger partial charge is 0.221 e. The quantitative estimate of drug-likeness (QED) is 0.864. The normalized spacial score (nSPS) is 15.3. The summed E-state index contributed by atoms with van der Waals surface area (Å²) in [4.78, 5) is 17.5. The van der Waals surface area contributed by atoms with Crippen molar-refractivity contribution >= 4 is 17.4 Å². The van der Waals surface area contributed by atoms with E-state index >= 15 is 0 Å². The maximum atomic E-state index is 11.0. The molecule has 1 aromatic heterocycles. The first kappa shape index (κ1) is 12.6. The molecule has 1 saturated heterocycles. The van der Waals surface area contributed by atoms with E-state index in [4.69, 9.17) is 9.47 Å². The summed E-state index contributed by atoms with van der Waals surface area (Å²) in [5.74, 6) is 1.31. The van der Waals surface area contributed by atoms with Crippen LogP contribution in [-0.4, -0.2) is 44.3 Å². The Labute approximate surface area is 106 Å². The highest BCUT2D eigenvalue weighted by molar-refractivity contribution is 5.90. The maximum Gasteiger partial charge on any atom is 0.221 e. The second kappa shape index (κ2) is 5.68. The fraction of sp³-hybridized carbons (Fsp3) is 0.500. The van der Waals surface area contributed by atoms with E-state index in [1.807, 2.05) is 6.07 Å². The lowest BCUT2D eigenvalue weighted by Gasteiger charge is -2.28. The van der Waals surface area contributed by atoms with E-state index in [1.54, 1.807) is 13.3 Å². The van der Waals surface area contributed by atoms with Gasteiger partial charge in [0, 0.05) is 26.1 Å². The van der Waals surface area contributed by atoms with Crippen molar-refractivity contribution < 1.29 is 14.3 Å². The third-order valence-corrected chi connectivity index (χ3v) is 2.72. The minimum absolute atomic E-state index is 0.144. The molecule has 0 spiro atoms. The molecule has 0 atom stereocenters. The van der Waals surface area contributed by atoms with E-state index < -0.39 is 0 Å². The van der Waals surface area contributed by atoms with Crippen LogP contribution in [0.5, 0.6) is 5.75 Å². The summed E-state index contributed by atoms with van der Waals surface area (Å²) in [5, 5.41) is 2.68. The molecule has 6 nitrogen and oxygen atoms in total. The lowest BCUT2D eigenvalue weighted by atomic mass is 10.3. The zero-order chi connectivity index (χ0) is 13.0. The number of hydrogen-bond acceptors (Lipinski definition) is 5. The first-order chi connectivity index (χ1) is 8.70. The summed E-state index contributed by atoms with van der Waals surface area (Å²) in [5.41, 5.74) is 0.585. The fourth-order valence-electron chi connectivity index (χ4n) is 1.84. The minimum Gasteiger partial charge on any atom is -0.494 e. The topological polar surface area (TPSA) is 63.7 Å². The van der Waals surface area contributed by atoms with Gasteiger partial charge in [0.05, 0.1) is 26.5 Å². The fourth-order valence-corrected chi connectivity index (χ4v) is 1.84. The molecule has 6 heteroatoms. The Kier molecular flexibility index (Phi) is 3.99. The number of nitrogens with zero attached hydrogens (tertiary/aromatic N) is 2. The van der Waals surface area contributed by atoms with Crippen LogP contribution in [0.15, 0.2) is 12.3 Å². The van der Waals surface area contributed by atoms with Crippen molar-refractivity contribution in [3.63, 3.8) is 0 Å². The van der Waals surface area contributed by atoms with Crippen LogP contribution < -0.4 is 15.0 Å². The number of amides is 1. The van der Waals surface area contributed by atoms with Gasteiger partial charge >= 0.3 is 0 Å². The highest BCUT2D eigenvalue weighted by atomic mass is 16.5. The molecule has 2 rings (SSSR count). The molecule has 98 valence electrons. The zero-order valence-corrected chi connectivity index (χ0v) is 10.6. The Morgan fingerprint density at radius 3 is 2.83 bits per heavy atom. The lowest BCUT2D eigenvalue weighted by molar-refractivity contribution is -0.114. The third-order valence-electron chi connectivity index (χ3n) is 2.72. The molecular weight excluding hydrogens is 234 g/mol. The van der Waals surface area contributed by atoms with Gasteiger partial charge in [-0.25, -0.2) is 4.98 Å². The number of hydrogen-bond donors (Lipinski definition) is 1. The molecule has 1 aromatic rings. The number of carbonyl (C=O) groups is 1. The van der Waals surface area contributed by atoms with Gasteiger partial charge in [0.1, 0.15) is 17.3 Å². The van der Waals surface area contributed by atoms with Crippen LogP contribution in [0.3, 0.4) is 0 Å². The van der Waals surface area contributed by atoms with Gasteiger partial charge in [0.15, 0.2) is 0 Å². The molecule has 1 aliphatic heterocycles. The van der Waals surface area contributed by atoms with Crippen LogP contribution in [-0.2, 0) is 9.53 Å². The van der Waals surface area contributed by atoms with Crippen molar-refractivity contribution in [2.75, 3.05) is 43.6 Å². The van der Waals surface area contributed by atoms with Gasteiger partial charge in [0.25, 0.3) is 0 Å². The SMILES string of the molecule is COc1cc(N2CCOCC2)ncc1NC(C)=O. The van der Waals surface area contributed by atoms with Crippen LogP contribution in [0.1, 0.15) is 6.92 Å². The Balaban J connectivity index is 2.20. The molecule has 0 saturated carbocycles. The van der Waals surface area contributed by atoms with Crippen LogP contribution >= 0.6 is 0 Å². The largest absolute Gasteiger partial charge is 0.494 e. The number of morpholine rings is 1. The second-order valence-electron chi connectivity index (χ2n) is 4.02. The van der Waals surface area contributed by atoms with Crippen molar-refractivity contribution in [1.29, 1.82) is 0 Å². The molecule has 0 aromatic carbocycles. The van der Waals surface area contributed by atoms with Gasteiger partial charge in [-0.1, -0.05) is 0 Å². The van der Waals surface area contributed by atoms with E-state index in [0.29, 0.717) is 24.7 Å². The molecule has 0 bridgehead atoms. The summed E-state index contributed by atoms with van der Waals surface area (Å²) in [6.07, 6.45) is 1.62. The number of anilines is 2. The predicted octanol–water partition coefficient (Wildman–Crippen LogP) is 0.885. The first-order valence-corrected chi connectivity index (χ1v) is 5.85. The minimum atomic E-state index is -0.144. The molecule has 1 fully saturated rings. The van der Waals surface area contributed by atoms with E-state index in [1.165, 1.54) is 6.92 Å². The van der Waals surface area contributed by atoms with Gasteiger partial charge in [0.2, 0.25) is 5.91 Å². The standard InChI is InChI=1S/C12H17N3O3/c1-9(16)14-10-8-13-12(7-11(10)17-2)15-3-5-18-6-4-15/h7-8H,3-6H2,1-2H3,(H,14,16). The number of rotatable bonds is 3. The van der Waals surface area contributed by atoms with Gasteiger partial charge in [-0.15, -0.1) is 0 Å². The monoisotopic (exact) mass is 251 g/mol. The summed E-state index contributed by atoms with van der Waals surface area (Å²) in [6.45, 7) is 4.50. The summed E-state index contributed by atoms with van der Waals surface area (Å²) >= 11 is 0. The highest BCUT2D eigenvalue weighted by Crippen LogP contribution is 2.27. The molecule has 1 N–H and O–H groups in total. The van der Waals surface area contributed by atoms with E-state index in [9.17, 15) is 4.79 Å². The Bertz CT molecular complexity index is 431. The molecule has 2 heterocycles. The van der Waals surface area contributed by atoms with Crippen LogP contribution in [0.25, 0.3) is 0 Å². The zero-order valence-electron chi connectivity index (χ0n) is 10.6. The van der Waals surface area contributed by atoms with Crippen molar-refractivity contribution in [2.45, 2.75) is 6.92 Å². The Morgan fingerprint density at radius 1 is 1.50 bits per heavy atom. The van der Waals surface area contributed by atoms with E-state index in [2.05, 4.69) is 15.2 Å². The number of nitrogens with one attached hydrogen (secondary N) is 1. The summed E-state index contributed by atoms with van der Waals surface area (Å²) in [7, 11) is 1.57. The number of pyridine rings is 1. The van der Waals surface area contributed by atoms with Gasteiger partial charge < -0.3 is 19.7 Å². The van der Waals surface area contributed by atoms with Crippen LogP contribution in [0.4, 0.5) is 11.5 Å². The number of ether oxygens (including phenoxy) is 2. The van der Waals surface area contributed by atoms with E-state index in [-0.39, 0.29) is 5.91 Å². The highest BCUT2D eigenvalue weighted by Gasteiger charge is 2.15. The average Bonchev–Trinajstić information content (AvgIpc) is 2.39. The van der Waals surface area contributed by atoms with Crippen LogP contribution in [0, 0.1) is 0 Å². The molecule has 18 heavy (non-hydrogen) atoms. The molecular formula is C12H17N3O3. The number of aromatic nitrogens is 1. The first-order valence-electron chi connectivity index (χ1n) is 5.85. The lowest BCUT2D eigenvalue weighted by Crippen LogP contribution is -2.36. The predicted molar refractivity (Wildman–Crippen MR) is 68.1 cm³/mol. The summed E-state index contributed by atoms with van der Waals surface area (Å²) in [6, 6.07) is 1.83. The van der Waals surface area contributed by atoms with Gasteiger partial charge in [-0.2, -0.15) is 0 Å². The van der Waals surface area contributed by atoms with Crippen molar-refractivity contribution in [2.24, 2.45) is 0 Å². The van der Waals surface area contributed by atoms with Crippen LogP contribution in [0.2, 0.25) is 0 Å². The Morgan fingerprint density at radius 2 is 2.22 bits per heavy atom. The number of methoxy groups -OCH3 is 1. The molecule has 0 unspecified atom stereocenters. The third kappa shape index (κ3) is 2.89. The molecule has 1 aliphatic rings. The summed E-state index contributed by atoms with van der Waals surface area (Å²) < 4.78 is 10.6. The molecule has 0 aliphatic carbocycles. The second-order valence-corrected chi connectivity index (χ2v) is 4.02. The van der Waals surface area contributed by atoms with Crippen molar-refractivity contribution in [1.82, 2.24) is 4.98 Å². The average molecular weight is 251 g/mol. The number of carbonyl (C=O) groups excluding carboxylic acids is 1. The maximum absolute atomic E-state index is 11.0. The Hall–Kier alpha value is -1.82. The van der Waals surface area contributed by atoms with Gasteiger partial charge in [-0.3, -0.25) is 4.79 Å². The van der Waals surface area contributed by atoms with Gasteiger partial charge in [-0.05, 0) is 0 Å².